The van der Waals surface area contributed by atoms with Crippen molar-refractivity contribution in [2.45, 2.75) is 57.5 Å². The van der Waals surface area contributed by atoms with E-state index in [0.29, 0.717) is 81.4 Å². The van der Waals surface area contributed by atoms with Crippen LogP contribution in [0.5, 0.6) is 23.0 Å². The lowest BCUT2D eigenvalue weighted by Crippen LogP contribution is -2.37. The number of fused-ring (bicyclic) bond motifs is 2. The predicted octanol–water partition coefficient (Wildman–Crippen LogP) is 2.27. The number of benzene rings is 2. The molecule has 0 radical (unpaired) electrons. The van der Waals surface area contributed by atoms with Gasteiger partial charge >= 0.3 is 11.9 Å². The van der Waals surface area contributed by atoms with Crippen molar-refractivity contribution < 1.29 is 48.3 Å². The van der Waals surface area contributed by atoms with Crippen LogP contribution < -0.4 is 18.9 Å². The van der Waals surface area contributed by atoms with Crippen LogP contribution in [0.1, 0.15) is 41.5 Å². The van der Waals surface area contributed by atoms with Crippen LogP contribution in [0, 0.1) is 0 Å². The third-order valence-electron chi connectivity index (χ3n) is 7.36. The molecule has 2 unspecified atom stereocenters. The topological polar surface area (TPSA) is 152 Å². The predicted molar refractivity (Wildman–Crippen MR) is 144 cm³/mol. The van der Waals surface area contributed by atoms with Crippen LogP contribution in [-0.4, -0.2) is 84.0 Å². The van der Waals surface area contributed by atoms with E-state index >= 15 is 0 Å². The third-order valence-corrected chi connectivity index (χ3v) is 7.36. The smallest absolute Gasteiger partial charge is 0.321 e. The Bertz CT molecular complexity index is 1200. The molecule has 12 heteroatoms. The standard InChI is InChI=1S/C29H34N2O10/c1-38-24-10-18-14-30(22(4-6-32)28(34)35)16-20(18)12-26(24)40-8-3-9-41-27-13-21-17-31(23(5-7-33)29(36)37)15-19(21)11-25(27)39-2/h6-7,10-13,22-23H,3-5,8-9,14-17H2,1-2H3,(H,34,35)(H,36,37). The van der Waals surface area contributed by atoms with Gasteiger partial charge in [-0.25, -0.2) is 0 Å². The van der Waals surface area contributed by atoms with Gasteiger partial charge in [-0.1, -0.05) is 0 Å². The van der Waals surface area contributed by atoms with Gasteiger partial charge in [0.1, 0.15) is 24.7 Å². The van der Waals surface area contributed by atoms with E-state index in [9.17, 15) is 29.4 Å². The summed E-state index contributed by atoms with van der Waals surface area (Å²) in [5.41, 5.74) is 3.70. The molecule has 0 aliphatic carbocycles. The van der Waals surface area contributed by atoms with Crippen molar-refractivity contribution in [3.63, 3.8) is 0 Å². The Balaban J connectivity index is 1.34. The number of hydrogen-bond donors (Lipinski definition) is 2. The van der Waals surface area contributed by atoms with Crippen molar-refractivity contribution in [3.8, 4) is 23.0 Å². The second kappa shape index (κ2) is 13.5. The summed E-state index contributed by atoms with van der Waals surface area (Å²) in [7, 11) is 3.07. The molecule has 2 aromatic carbocycles. The molecule has 41 heavy (non-hydrogen) atoms. The highest BCUT2D eigenvalue weighted by molar-refractivity contribution is 5.77. The summed E-state index contributed by atoms with van der Waals surface area (Å²) >= 11 is 0. The Morgan fingerprint density at radius 1 is 0.707 bits per heavy atom. The molecular weight excluding hydrogens is 536 g/mol. The molecule has 0 aromatic heterocycles. The first-order valence-electron chi connectivity index (χ1n) is 13.3. The van der Waals surface area contributed by atoms with E-state index < -0.39 is 24.0 Å². The molecule has 0 spiro atoms. The number of carboxylic acid groups (broad SMARTS) is 2. The maximum absolute atomic E-state index is 11.6. The second-order valence-electron chi connectivity index (χ2n) is 9.92. The molecular formula is C29H34N2O10. The summed E-state index contributed by atoms with van der Waals surface area (Å²) in [4.78, 5) is 48.6. The van der Waals surface area contributed by atoms with Gasteiger partial charge in [-0.15, -0.1) is 0 Å². The minimum absolute atomic E-state index is 0.0832. The normalized spacial score (nSPS) is 15.9. The van der Waals surface area contributed by atoms with Gasteiger partial charge in [-0.3, -0.25) is 19.4 Å². The number of nitrogens with zero attached hydrogens (tertiary/aromatic N) is 2. The average Bonchev–Trinajstić information content (AvgIpc) is 3.55. The summed E-state index contributed by atoms with van der Waals surface area (Å²) in [5, 5.41) is 19.0. The zero-order chi connectivity index (χ0) is 29.5. The Kier molecular flexibility index (Phi) is 9.79. The second-order valence-corrected chi connectivity index (χ2v) is 9.92. The molecule has 2 aliphatic rings. The average molecular weight is 571 g/mol. The SMILES string of the molecule is COc1cc2c(cc1OCCCOc1cc3c(cc1OC)CN(C(CC=O)C(=O)O)C3)CN(C(CC=O)C(=O)O)C2. The van der Waals surface area contributed by atoms with Crippen LogP contribution in [0.3, 0.4) is 0 Å². The number of ether oxygens (including phenoxy) is 4. The fourth-order valence-electron chi connectivity index (χ4n) is 5.27. The van der Waals surface area contributed by atoms with Crippen LogP contribution in [0.4, 0.5) is 0 Å². The highest BCUT2D eigenvalue weighted by atomic mass is 16.5. The number of carbonyl (C=O) groups excluding carboxylic acids is 2. The lowest BCUT2D eigenvalue weighted by atomic mass is 10.1. The van der Waals surface area contributed by atoms with Crippen molar-refractivity contribution >= 4 is 24.5 Å². The first kappa shape index (κ1) is 29.8. The molecule has 0 saturated carbocycles. The van der Waals surface area contributed by atoms with E-state index in [2.05, 4.69) is 0 Å². The number of rotatable bonds is 16. The summed E-state index contributed by atoms with van der Waals surface area (Å²) in [6, 6.07) is 5.59. The third kappa shape index (κ3) is 6.77. The maximum Gasteiger partial charge on any atom is 0.321 e. The molecule has 2 aliphatic heterocycles. The molecule has 0 fully saturated rings. The highest BCUT2D eigenvalue weighted by Crippen LogP contribution is 2.37. The molecule has 4 rings (SSSR count). The van der Waals surface area contributed by atoms with Gasteiger partial charge in [0.2, 0.25) is 0 Å². The Labute approximate surface area is 237 Å². The van der Waals surface area contributed by atoms with Gasteiger partial charge in [0.05, 0.1) is 27.4 Å². The van der Waals surface area contributed by atoms with Crippen molar-refractivity contribution in [2.24, 2.45) is 0 Å². The Hall–Kier alpha value is -4.16. The minimum Gasteiger partial charge on any atom is -0.493 e. The van der Waals surface area contributed by atoms with Gasteiger partial charge in [0.15, 0.2) is 23.0 Å². The number of carboxylic acids is 2. The molecule has 2 aromatic rings. The van der Waals surface area contributed by atoms with Crippen LogP contribution >= 0.6 is 0 Å². The van der Waals surface area contributed by atoms with Gasteiger partial charge in [0, 0.05) is 45.4 Å². The van der Waals surface area contributed by atoms with E-state index in [1.807, 2.05) is 24.3 Å². The molecule has 220 valence electrons. The molecule has 2 heterocycles. The van der Waals surface area contributed by atoms with Crippen LogP contribution in [-0.2, 0) is 45.4 Å². The van der Waals surface area contributed by atoms with Gasteiger partial charge in [-0.2, -0.15) is 0 Å². The van der Waals surface area contributed by atoms with E-state index in [0.717, 1.165) is 22.3 Å². The Morgan fingerprint density at radius 3 is 1.34 bits per heavy atom. The first-order valence-corrected chi connectivity index (χ1v) is 13.3. The van der Waals surface area contributed by atoms with E-state index in [-0.39, 0.29) is 12.8 Å². The highest BCUT2D eigenvalue weighted by Gasteiger charge is 2.32. The minimum atomic E-state index is -1.03. The van der Waals surface area contributed by atoms with Crippen molar-refractivity contribution in [3.05, 3.63) is 46.5 Å². The van der Waals surface area contributed by atoms with Crippen LogP contribution in [0.2, 0.25) is 0 Å². The van der Waals surface area contributed by atoms with Crippen molar-refractivity contribution in [2.75, 3.05) is 27.4 Å². The fourth-order valence-corrected chi connectivity index (χ4v) is 5.27. The lowest BCUT2D eigenvalue weighted by Gasteiger charge is -2.21. The number of aldehydes is 2. The van der Waals surface area contributed by atoms with Crippen molar-refractivity contribution in [1.29, 1.82) is 0 Å². The summed E-state index contributed by atoms with van der Waals surface area (Å²) < 4.78 is 22.9. The fraction of sp³-hybridized carbons (Fsp3) is 0.448. The molecule has 2 N–H and O–H groups in total. The molecule has 0 saturated heterocycles. The maximum atomic E-state index is 11.6. The molecule has 0 amide bonds. The number of aliphatic carboxylic acids is 2. The monoisotopic (exact) mass is 570 g/mol. The van der Waals surface area contributed by atoms with Gasteiger partial charge < -0.3 is 38.7 Å². The van der Waals surface area contributed by atoms with Crippen molar-refractivity contribution in [1.82, 2.24) is 9.80 Å². The molecule has 12 nitrogen and oxygen atoms in total. The summed E-state index contributed by atoms with van der Waals surface area (Å²) in [5.74, 6) is 0.0736. The lowest BCUT2D eigenvalue weighted by molar-refractivity contribution is -0.145. The summed E-state index contributed by atoms with van der Waals surface area (Å²) in [6.45, 7) is 2.24. The van der Waals surface area contributed by atoms with Crippen LogP contribution in [0.15, 0.2) is 24.3 Å². The molecule has 2 atom stereocenters. The number of carbonyl (C=O) groups is 4. The zero-order valence-corrected chi connectivity index (χ0v) is 23.0. The van der Waals surface area contributed by atoms with Crippen LogP contribution in [0.25, 0.3) is 0 Å². The number of methoxy groups -OCH3 is 2. The quantitative estimate of drug-likeness (QED) is 0.225. The first-order chi connectivity index (χ1) is 19.8. The Morgan fingerprint density at radius 2 is 1.05 bits per heavy atom. The number of hydrogen-bond acceptors (Lipinski definition) is 10. The van der Waals surface area contributed by atoms with Gasteiger partial charge in [0.25, 0.3) is 0 Å². The zero-order valence-electron chi connectivity index (χ0n) is 23.0. The van der Waals surface area contributed by atoms with Gasteiger partial charge in [-0.05, 0) is 46.5 Å². The van der Waals surface area contributed by atoms with E-state index in [4.69, 9.17) is 18.9 Å². The van der Waals surface area contributed by atoms with E-state index in [1.165, 1.54) is 14.2 Å². The largest absolute Gasteiger partial charge is 0.493 e. The summed E-state index contributed by atoms with van der Waals surface area (Å²) in [6.07, 6.45) is 1.62. The molecule has 0 bridgehead atoms. The van der Waals surface area contributed by atoms with E-state index in [1.54, 1.807) is 9.80 Å².